The van der Waals surface area contributed by atoms with Crippen LogP contribution in [0.4, 0.5) is 0 Å². The maximum Gasteiger partial charge on any atom is 0.268 e. The third-order valence-electron chi connectivity index (χ3n) is 5.31. The van der Waals surface area contributed by atoms with Gasteiger partial charge in [-0.3, -0.25) is 9.59 Å². The number of aliphatic hydroxyl groups excluding tert-OH is 1. The fraction of sp³-hybridized carbons (Fsp3) is 0.667. The number of hydrogen-bond donors (Lipinski definition) is 1. The number of likely N-dealkylation sites (tertiary alicyclic amines) is 1. The van der Waals surface area contributed by atoms with Crippen molar-refractivity contribution in [2.45, 2.75) is 64.0 Å². The van der Waals surface area contributed by atoms with Crippen LogP contribution in [0.25, 0.3) is 0 Å². The molecule has 1 aromatic heterocycles. The highest BCUT2D eigenvalue weighted by Gasteiger charge is 2.37. The molecule has 1 saturated carbocycles. The van der Waals surface area contributed by atoms with Gasteiger partial charge in [-0.25, -0.2) is 9.98 Å². The molecule has 2 fully saturated rings. The quantitative estimate of drug-likeness (QED) is 0.836. The Kier molecular flexibility index (Phi) is 5.64. The van der Waals surface area contributed by atoms with Crippen LogP contribution in [-0.2, 0) is 9.59 Å². The number of carbonyl (C=O) groups excluding carboxylic acids is 2. The summed E-state index contributed by atoms with van der Waals surface area (Å²) in [6.45, 7) is 3.71. The van der Waals surface area contributed by atoms with E-state index >= 15 is 0 Å². The topological polar surface area (TPSA) is 82.9 Å². The largest absolute Gasteiger partial charge is 0.391 e. The first-order valence-electron chi connectivity index (χ1n) is 8.89. The van der Waals surface area contributed by atoms with Crippen LogP contribution in [-0.4, -0.2) is 51.7 Å². The van der Waals surface area contributed by atoms with Crippen LogP contribution in [0.3, 0.4) is 0 Å². The number of β-amino-alcohol motifs (C(OH)–C–C–N with tert-alkyl or cyclic N) is 1. The number of aromatic nitrogens is 1. The van der Waals surface area contributed by atoms with Crippen LogP contribution in [0, 0.1) is 12.8 Å². The normalized spacial score (nSPS) is 30.1. The second kappa shape index (κ2) is 7.74. The van der Waals surface area contributed by atoms with E-state index in [0.717, 1.165) is 31.4 Å². The molecule has 1 aromatic rings. The summed E-state index contributed by atoms with van der Waals surface area (Å²) in [6, 6.07) is -0.611. The van der Waals surface area contributed by atoms with Crippen molar-refractivity contribution in [3.63, 3.8) is 0 Å². The zero-order chi connectivity index (χ0) is 18.0. The van der Waals surface area contributed by atoms with E-state index in [1.54, 1.807) is 17.6 Å². The van der Waals surface area contributed by atoms with Gasteiger partial charge in [0.15, 0.2) is 0 Å². The number of thiazole rings is 1. The second-order valence-electron chi connectivity index (χ2n) is 7.11. The van der Waals surface area contributed by atoms with Crippen molar-refractivity contribution >= 4 is 29.4 Å². The van der Waals surface area contributed by atoms with Gasteiger partial charge >= 0.3 is 0 Å². The molecule has 2 amide bonds. The number of aryl methyl sites for hydroxylation is 1. The molecule has 0 bridgehead atoms. The third-order valence-corrected chi connectivity index (χ3v) is 6.40. The van der Waals surface area contributed by atoms with E-state index in [2.05, 4.69) is 16.9 Å². The van der Waals surface area contributed by atoms with E-state index in [9.17, 15) is 14.7 Å². The van der Waals surface area contributed by atoms with Gasteiger partial charge in [0.2, 0.25) is 5.91 Å². The Morgan fingerprint density at radius 2 is 2.08 bits per heavy atom. The van der Waals surface area contributed by atoms with Crippen molar-refractivity contribution in [3.05, 3.63) is 16.1 Å². The van der Waals surface area contributed by atoms with Gasteiger partial charge in [0.1, 0.15) is 6.04 Å². The maximum atomic E-state index is 12.3. The summed E-state index contributed by atoms with van der Waals surface area (Å²) in [4.78, 5) is 35.2. The number of aliphatic hydroxyl groups is 1. The fourth-order valence-corrected chi connectivity index (χ4v) is 4.87. The highest BCUT2D eigenvalue weighted by atomic mass is 32.1. The molecule has 1 N–H and O–H groups in total. The molecular weight excluding hydrogens is 338 g/mol. The summed E-state index contributed by atoms with van der Waals surface area (Å²) in [5, 5.41) is 9.72. The van der Waals surface area contributed by atoms with Crippen molar-refractivity contribution in [2.24, 2.45) is 10.9 Å². The van der Waals surface area contributed by atoms with E-state index < -0.39 is 12.1 Å². The number of aliphatic imine (C=N–C) groups is 1. The molecule has 0 spiro atoms. The van der Waals surface area contributed by atoms with E-state index in [1.807, 2.05) is 5.51 Å². The molecule has 2 aliphatic rings. The third kappa shape index (κ3) is 4.15. The first-order valence-corrected chi connectivity index (χ1v) is 9.77. The molecule has 1 aliphatic carbocycles. The average Bonchev–Trinajstić information content (AvgIpc) is 3.19. The van der Waals surface area contributed by atoms with Crippen LogP contribution in [0.5, 0.6) is 0 Å². The lowest BCUT2D eigenvalue weighted by Gasteiger charge is -2.26. The van der Waals surface area contributed by atoms with Gasteiger partial charge in [-0.2, -0.15) is 0 Å². The van der Waals surface area contributed by atoms with Crippen LogP contribution in [0.2, 0.25) is 0 Å². The van der Waals surface area contributed by atoms with E-state index in [-0.39, 0.29) is 24.8 Å². The van der Waals surface area contributed by atoms with Gasteiger partial charge in [-0.15, -0.1) is 11.3 Å². The molecule has 3 rings (SSSR count). The van der Waals surface area contributed by atoms with Crippen LogP contribution < -0.4 is 0 Å². The van der Waals surface area contributed by atoms with E-state index in [1.165, 1.54) is 16.7 Å². The molecule has 2 atom stereocenters. The highest BCUT2D eigenvalue weighted by molar-refractivity contribution is 7.09. The molecule has 25 heavy (non-hydrogen) atoms. The zero-order valence-electron chi connectivity index (χ0n) is 14.7. The fourth-order valence-electron chi connectivity index (χ4n) is 3.89. The summed E-state index contributed by atoms with van der Waals surface area (Å²) in [5.74, 6) is 0.384. The second-order valence-corrected chi connectivity index (χ2v) is 7.99. The van der Waals surface area contributed by atoms with Crippen LogP contribution >= 0.6 is 11.3 Å². The van der Waals surface area contributed by atoms with Gasteiger partial charge in [0.05, 0.1) is 17.3 Å². The summed E-state index contributed by atoms with van der Waals surface area (Å²) in [6.07, 6.45) is 5.64. The molecular formula is C18H25N3O3S. The number of carbonyl (C=O) groups is 2. The van der Waals surface area contributed by atoms with Crippen LogP contribution in [0.1, 0.15) is 55.5 Å². The first-order chi connectivity index (χ1) is 12.0. The number of hydrogen-bond acceptors (Lipinski definition) is 5. The predicted octanol–water partition coefficient (Wildman–Crippen LogP) is 2.30. The molecule has 136 valence electrons. The highest BCUT2D eigenvalue weighted by Crippen LogP contribution is 2.38. The van der Waals surface area contributed by atoms with Crippen molar-refractivity contribution in [1.82, 2.24) is 9.88 Å². The standard InChI is InChI=1S/C18H25N3O3S/c1-11-17(25-10-20-11)14-5-3-13(4-6-14)8-19-18(24)16-7-15(23)9-21(16)12(2)22/h8,10,13-16,23H,3-7,9H2,1-2H3/b19-8+/t13-,14-,15-,16+/m1/s1. The van der Waals surface area contributed by atoms with Gasteiger partial charge in [0.25, 0.3) is 5.91 Å². The minimum Gasteiger partial charge on any atom is -0.391 e. The number of rotatable bonds is 3. The summed E-state index contributed by atoms with van der Waals surface area (Å²) in [5.41, 5.74) is 3.05. The molecule has 1 aliphatic heterocycles. The smallest absolute Gasteiger partial charge is 0.268 e. The maximum absolute atomic E-state index is 12.3. The summed E-state index contributed by atoms with van der Waals surface area (Å²) in [7, 11) is 0. The SMILES string of the molecule is CC(=O)N1C[C@H](O)C[C@H]1C(=O)/N=C/[C@H]1CC[C@H](c2scnc2C)CC1. The minimum absolute atomic E-state index is 0.189. The summed E-state index contributed by atoms with van der Waals surface area (Å²) < 4.78 is 0. The number of nitrogens with zero attached hydrogens (tertiary/aromatic N) is 3. The van der Waals surface area contributed by atoms with E-state index in [0.29, 0.717) is 11.8 Å². The molecule has 0 aromatic carbocycles. The Hall–Kier alpha value is -1.60. The lowest BCUT2D eigenvalue weighted by atomic mass is 9.81. The Bertz CT molecular complexity index is 664. The minimum atomic E-state index is -0.633. The number of amides is 2. The molecule has 0 radical (unpaired) electrons. The van der Waals surface area contributed by atoms with Gasteiger partial charge in [-0.05, 0) is 44.4 Å². The monoisotopic (exact) mass is 363 g/mol. The molecule has 2 heterocycles. The van der Waals surface area contributed by atoms with E-state index in [4.69, 9.17) is 0 Å². The lowest BCUT2D eigenvalue weighted by Crippen LogP contribution is -2.38. The van der Waals surface area contributed by atoms with Gasteiger partial charge in [0, 0.05) is 31.0 Å². The van der Waals surface area contributed by atoms with Gasteiger partial charge < -0.3 is 10.0 Å². The Balaban J connectivity index is 1.54. The Morgan fingerprint density at radius 1 is 1.36 bits per heavy atom. The summed E-state index contributed by atoms with van der Waals surface area (Å²) >= 11 is 1.74. The van der Waals surface area contributed by atoms with Crippen LogP contribution in [0.15, 0.2) is 10.5 Å². The lowest BCUT2D eigenvalue weighted by molar-refractivity contribution is -0.135. The van der Waals surface area contributed by atoms with Gasteiger partial charge in [-0.1, -0.05) is 0 Å². The molecule has 1 saturated heterocycles. The van der Waals surface area contributed by atoms with Crippen molar-refractivity contribution < 1.29 is 14.7 Å². The Morgan fingerprint density at radius 3 is 2.68 bits per heavy atom. The Labute approximate surface area is 152 Å². The zero-order valence-corrected chi connectivity index (χ0v) is 15.5. The molecule has 7 heteroatoms. The average molecular weight is 363 g/mol. The first kappa shape index (κ1) is 18.2. The van der Waals surface area contributed by atoms with Crippen molar-refractivity contribution in [3.8, 4) is 0 Å². The van der Waals surface area contributed by atoms with Crippen molar-refractivity contribution in [1.29, 1.82) is 0 Å². The predicted molar refractivity (Wildman–Crippen MR) is 96.8 cm³/mol. The molecule has 0 unspecified atom stereocenters. The van der Waals surface area contributed by atoms with Crippen molar-refractivity contribution in [2.75, 3.05) is 6.54 Å². The molecule has 6 nitrogen and oxygen atoms in total.